The number of ether oxygens (including phenoxy) is 1. The fraction of sp³-hybridized carbons (Fsp3) is 0.0800. The molecule has 32 heavy (non-hydrogen) atoms. The SMILES string of the molecule is COc1ccc(NC(C)=O)cc1NC(=O)c1sc(-c2ccccc2)nc1-c1ccccc1. The lowest BCUT2D eigenvalue weighted by Crippen LogP contribution is -2.13. The molecule has 160 valence electrons. The van der Waals surface area contributed by atoms with Crippen molar-refractivity contribution in [1.82, 2.24) is 4.98 Å². The first kappa shape index (κ1) is 21.3. The van der Waals surface area contributed by atoms with E-state index in [1.54, 1.807) is 18.2 Å². The van der Waals surface area contributed by atoms with Gasteiger partial charge < -0.3 is 15.4 Å². The molecule has 6 nitrogen and oxygen atoms in total. The summed E-state index contributed by atoms with van der Waals surface area (Å²) in [5.41, 5.74) is 3.43. The Morgan fingerprint density at radius 2 is 1.53 bits per heavy atom. The minimum absolute atomic E-state index is 0.200. The Morgan fingerprint density at radius 1 is 0.875 bits per heavy atom. The Bertz CT molecular complexity index is 1250. The van der Waals surface area contributed by atoms with Gasteiger partial charge in [0.1, 0.15) is 15.6 Å². The van der Waals surface area contributed by atoms with E-state index in [9.17, 15) is 9.59 Å². The summed E-state index contributed by atoms with van der Waals surface area (Å²) in [7, 11) is 1.53. The summed E-state index contributed by atoms with van der Waals surface area (Å²) >= 11 is 1.33. The van der Waals surface area contributed by atoms with Gasteiger partial charge >= 0.3 is 0 Å². The first-order chi connectivity index (χ1) is 15.5. The van der Waals surface area contributed by atoms with Crippen LogP contribution in [0.25, 0.3) is 21.8 Å². The maximum absolute atomic E-state index is 13.4. The number of nitrogens with one attached hydrogen (secondary N) is 2. The van der Waals surface area contributed by atoms with Gasteiger partial charge in [-0.25, -0.2) is 4.98 Å². The number of hydrogen-bond donors (Lipinski definition) is 2. The molecule has 0 saturated carbocycles. The Kier molecular flexibility index (Phi) is 6.28. The van der Waals surface area contributed by atoms with Crippen LogP contribution in [-0.4, -0.2) is 23.9 Å². The van der Waals surface area contributed by atoms with Crippen molar-refractivity contribution in [3.63, 3.8) is 0 Å². The van der Waals surface area contributed by atoms with Crippen LogP contribution in [0.4, 0.5) is 11.4 Å². The minimum Gasteiger partial charge on any atom is -0.495 e. The van der Waals surface area contributed by atoms with Crippen molar-refractivity contribution in [2.24, 2.45) is 0 Å². The van der Waals surface area contributed by atoms with Gasteiger partial charge in [0, 0.05) is 23.7 Å². The van der Waals surface area contributed by atoms with Crippen LogP contribution in [0.3, 0.4) is 0 Å². The normalized spacial score (nSPS) is 10.4. The van der Waals surface area contributed by atoms with Gasteiger partial charge in [0.2, 0.25) is 5.91 Å². The summed E-state index contributed by atoms with van der Waals surface area (Å²) in [6.07, 6.45) is 0. The molecule has 0 unspecified atom stereocenters. The number of carbonyl (C=O) groups excluding carboxylic acids is 2. The largest absolute Gasteiger partial charge is 0.495 e. The quantitative estimate of drug-likeness (QED) is 0.401. The van der Waals surface area contributed by atoms with E-state index >= 15 is 0 Å². The number of anilines is 2. The van der Waals surface area contributed by atoms with Crippen molar-refractivity contribution in [3.8, 4) is 27.6 Å². The van der Waals surface area contributed by atoms with Crippen molar-refractivity contribution in [2.75, 3.05) is 17.7 Å². The van der Waals surface area contributed by atoms with E-state index in [0.717, 1.165) is 16.1 Å². The van der Waals surface area contributed by atoms with E-state index in [0.29, 0.717) is 27.7 Å². The molecule has 0 bridgehead atoms. The molecule has 0 radical (unpaired) electrons. The fourth-order valence-electron chi connectivity index (χ4n) is 3.24. The molecule has 0 atom stereocenters. The van der Waals surface area contributed by atoms with Crippen molar-refractivity contribution in [1.29, 1.82) is 0 Å². The predicted octanol–water partition coefficient (Wildman–Crippen LogP) is 5.70. The van der Waals surface area contributed by atoms with Crippen LogP contribution < -0.4 is 15.4 Å². The van der Waals surface area contributed by atoms with Crippen LogP contribution >= 0.6 is 11.3 Å². The summed E-state index contributed by atoms with van der Waals surface area (Å²) in [4.78, 5) is 30.1. The molecular weight excluding hydrogens is 422 g/mol. The molecule has 0 fully saturated rings. The fourth-order valence-corrected chi connectivity index (χ4v) is 4.22. The molecule has 1 heterocycles. The summed E-state index contributed by atoms with van der Waals surface area (Å²) in [5, 5.41) is 6.40. The lowest BCUT2D eigenvalue weighted by atomic mass is 10.1. The van der Waals surface area contributed by atoms with Crippen molar-refractivity contribution < 1.29 is 14.3 Å². The topological polar surface area (TPSA) is 80.3 Å². The van der Waals surface area contributed by atoms with Crippen LogP contribution in [0.1, 0.15) is 16.6 Å². The summed E-state index contributed by atoms with van der Waals surface area (Å²) in [6.45, 7) is 1.43. The molecule has 0 aliphatic heterocycles. The molecule has 0 aliphatic carbocycles. The highest BCUT2D eigenvalue weighted by Crippen LogP contribution is 2.35. The van der Waals surface area contributed by atoms with Crippen LogP contribution in [-0.2, 0) is 4.79 Å². The molecule has 2 N–H and O–H groups in total. The molecule has 7 heteroatoms. The van der Waals surface area contributed by atoms with Gasteiger partial charge in [0.05, 0.1) is 18.5 Å². The Morgan fingerprint density at radius 3 is 2.16 bits per heavy atom. The highest BCUT2D eigenvalue weighted by atomic mass is 32.1. The summed E-state index contributed by atoms with van der Waals surface area (Å²) < 4.78 is 5.39. The van der Waals surface area contributed by atoms with Crippen LogP contribution in [0.15, 0.2) is 78.9 Å². The first-order valence-corrected chi connectivity index (χ1v) is 10.8. The zero-order chi connectivity index (χ0) is 22.5. The zero-order valence-corrected chi connectivity index (χ0v) is 18.4. The Hall–Kier alpha value is -3.97. The highest BCUT2D eigenvalue weighted by Gasteiger charge is 2.21. The van der Waals surface area contributed by atoms with Crippen LogP contribution in [0.5, 0.6) is 5.75 Å². The lowest BCUT2D eigenvalue weighted by molar-refractivity contribution is -0.114. The molecule has 4 aromatic rings. The van der Waals surface area contributed by atoms with Gasteiger partial charge in [0.25, 0.3) is 5.91 Å². The molecule has 1 aromatic heterocycles. The van der Waals surface area contributed by atoms with E-state index in [1.807, 2.05) is 60.7 Å². The average Bonchev–Trinajstić information content (AvgIpc) is 3.26. The highest BCUT2D eigenvalue weighted by molar-refractivity contribution is 7.17. The third-order valence-electron chi connectivity index (χ3n) is 4.67. The number of amides is 2. The molecule has 3 aromatic carbocycles. The smallest absolute Gasteiger partial charge is 0.268 e. The number of methoxy groups -OCH3 is 1. The number of rotatable bonds is 6. The monoisotopic (exact) mass is 443 g/mol. The molecular formula is C25H21N3O3S. The van der Waals surface area contributed by atoms with Gasteiger partial charge in [-0.15, -0.1) is 11.3 Å². The third-order valence-corrected chi connectivity index (χ3v) is 5.77. The number of nitrogens with zero attached hydrogens (tertiary/aromatic N) is 1. The third kappa shape index (κ3) is 4.68. The standard InChI is InChI=1S/C25H21N3O3S/c1-16(29)26-19-13-14-21(31-2)20(15-19)27-24(30)23-22(17-9-5-3-6-10-17)28-25(32-23)18-11-7-4-8-12-18/h3-15H,1-2H3,(H,26,29)(H,27,30). The Labute approximate surface area is 189 Å². The van der Waals surface area contributed by atoms with Crippen molar-refractivity contribution in [2.45, 2.75) is 6.92 Å². The van der Waals surface area contributed by atoms with Crippen LogP contribution in [0.2, 0.25) is 0 Å². The summed E-state index contributed by atoms with van der Waals surface area (Å²) in [6, 6.07) is 24.4. The molecule has 0 aliphatic rings. The van der Waals surface area contributed by atoms with Gasteiger partial charge in [0.15, 0.2) is 0 Å². The van der Waals surface area contributed by atoms with E-state index < -0.39 is 0 Å². The van der Waals surface area contributed by atoms with Crippen molar-refractivity contribution in [3.05, 3.63) is 83.7 Å². The Balaban J connectivity index is 1.74. The van der Waals surface area contributed by atoms with Gasteiger partial charge in [-0.05, 0) is 18.2 Å². The van der Waals surface area contributed by atoms with E-state index in [-0.39, 0.29) is 11.8 Å². The van der Waals surface area contributed by atoms with E-state index in [4.69, 9.17) is 9.72 Å². The maximum atomic E-state index is 13.4. The summed E-state index contributed by atoms with van der Waals surface area (Å²) in [5.74, 6) is -0.0166. The second-order valence-corrected chi connectivity index (χ2v) is 7.98. The second kappa shape index (κ2) is 9.45. The number of carbonyl (C=O) groups is 2. The maximum Gasteiger partial charge on any atom is 0.268 e. The predicted molar refractivity (Wildman–Crippen MR) is 128 cm³/mol. The zero-order valence-electron chi connectivity index (χ0n) is 17.6. The van der Waals surface area contributed by atoms with Gasteiger partial charge in [-0.2, -0.15) is 0 Å². The lowest BCUT2D eigenvalue weighted by Gasteiger charge is -2.12. The van der Waals surface area contributed by atoms with E-state index in [2.05, 4.69) is 10.6 Å². The number of thiazole rings is 1. The molecule has 2 amide bonds. The number of benzene rings is 3. The van der Waals surface area contributed by atoms with E-state index in [1.165, 1.54) is 25.4 Å². The minimum atomic E-state index is -0.304. The first-order valence-electron chi connectivity index (χ1n) is 9.94. The second-order valence-electron chi connectivity index (χ2n) is 6.98. The van der Waals surface area contributed by atoms with Gasteiger partial charge in [-0.1, -0.05) is 60.7 Å². The molecule has 4 rings (SSSR count). The number of aromatic nitrogens is 1. The number of hydrogen-bond acceptors (Lipinski definition) is 5. The van der Waals surface area contributed by atoms with Crippen molar-refractivity contribution >= 4 is 34.5 Å². The average molecular weight is 444 g/mol. The van der Waals surface area contributed by atoms with Gasteiger partial charge in [-0.3, -0.25) is 9.59 Å². The molecule has 0 saturated heterocycles. The molecule has 0 spiro atoms. The van der Waals surface area contributed by atoms with Crippen LogP contribution in [0, 0.1) is 0 Å².